The molecule has 0 fully saturated rings. The summed E-state index contributed by atoms with van der Waals surface area (Å²) >= 11 is 11.3. The quantitative estimate of drug-likeness (QED) is 0.592. The Morgan fingerprint density at radius 2 is 2.20 bits per heavy atom. The highest BCUT2D eigenvalue weighted by molar-refractivity contribution is 9.10. The molecular weight excluding hydrogens is 356 g/mol. The van der Waals surface area contributed by atoms with Crippen molar-refractivity contribution in [1.82, 2.24) is 9.55 Å². The van der Waals surface area contributed by atoms with Crippen LogP contribution in [-0.2, 0) is 13.0 Å². The number of aromatic nitrogens is 2. The summed E-state index contributed by atoms with van der Waals surface area (Å²) in [6, 6.07) is 8.35. The normalized spacial score (nSPS) is 11.3. The maximum absolute atomic E-state index is 5.93. The van der Waals surface area contributed by atoms with Crippen molar-refractivity contribution in [3.05, 3.63) is 50.4 Å². The van der Waals surface area contributed by atoms with E-state index in [0.717, 1.165) is 28.8 Å². The number of thiophene rings is 1. The van der Waals surface area contributed by atoms with Gasteiger partial charge in [0.15, 0.2) is 0 Å². The number of aryl methyl sites for hydroxylation is 2. The third-order valence-electron chi connectivity index (χ3n) is 3.36. The molecule has 0 N–H and O–H groups in total. The van der Waals surface area contributed by atoms with Crippen molar-refractivity contribution in [3.63, 3.8) is 0 Å². The van der Waals surface area contributed by atoms with Gasteiger partial charge in [-0.2, -0.15) is 0 Å². The van der Waals surface area contributed by atoms with Gasteiger partial charge >= 0.3 is 0 Å². The van der Waals surface area contributed by atoms with E-state index in [-0.39, 0.29) is 0 Å². The van der Waals surface area contributed by atoms with E-state index in [2.05, 4.69) is 57.1 Å². The van der Waals surface area contributed by atoms with Gasteiger partial charge in [-0.3, -0.25) is 0 Å². The molecule has 2 heterocycles. The topological polar surface area (TPSA) is 17.8 Å². The zero-order valence-corrected chi connectivity index (χ0v) is 14.2. The summed E-state index contributed by atoms with van der Waals surface area (Å²) < 4.78 is 3.46. The number of hydrogen-bond acceptors (Lipinski definition) is 2. The maximum Gasteiger partial charge on any atom is 0.111 e. The van der Waals surface area contributed by atoms with Gasteiger partial charge in [-0.05, 0) is 45.9 Å². The number of para-hydroxylation sites is 1. The van der Waals surface area contributed by atoms with Crippen LogP contribution in [0.25, 0.3) is 11.0 Å². The van der Waals surface area contributed by atoms with Crippen LogP contribution in [0.15, 0.2) is 34.1 Å². The van der Waals surface area contributed by atoms with Crippen LogP contribution in [0.1, 0.15) is 16.3 Å². The summed E-state index contributed by atoms with van der Waals surface area (Å²) in [7, 11) is 0. The van der Waals surface area contributed by atoms with Crippen molar-refractivity contribution < 1.29 is 0 Å². The summed E-state index contributed by atoms with van der Waals surface area (Å²) in [5, 5.41) is 2.10. The molecule has 1 aromatic carbocycles. The minimum Gasteiger partial charge on any atom is -0.322 e. The van der Waals surface area contributed by atoms with E-state index in [1.807, 2.05) is 0 Å². The van der Waals surface area contributed by atoms with Crippen LogP contribution < -0.4 is 0 Å². The monoisotopic (exact) mass is 368 g/mol. The van der Waals surface area contributed by atoms with Crippen molar-refractivity contribution in [2.45, 2.75) is 19.9 Å². The lowest BCUT2D eigenvalue weighted by atomic mass is 10.2. The van der Waals surface area contributed by atoms with Crippen LogP contribution in [0.5, 0.6) is 0 Å². The molecule has 2 nitrogen and oxygen atoms in total. The van der Waals surface area contributed by atoms with Gasteiger partial charge in [0.1, 0.15) is 5.82 Å². The lowest BCUT2D eigenvalue weighted by molar-refractivity contribution is 0.760. The number of nitrogens with zero attached hydrogens (tertiary/aromatic N) is 2. The van der Waals surface area contributed by atoms with Gasteiger partial charge in [0.2, 0.25) is 0 Å². The largest absolute Gasteiger partial charge is 0.322 e. The average Bonchev–Trinajstić information content (AvgIpc) is 2.97. The number of benzene rings is 1. The molecule has 0 bridgehead atoms. The summed E-state index contributed by atoms with van der Waals surface area (Å²) in [5.41, 5.74) is 3.52. The second kappa shape index (κ2) is 5.88. The Balaban J connectivity index is 2.15. The lowest BCUT2D eigenvalue weighted by Crippen LogP contribution is -2.06. The second-order valence-corrected chi connectivity index (χ2v) is 6.92. The van der Waals surface area contributed by atoms with Crippen molar-refractivity contribution >= 4 is 49.9 Å². The Bertz CT molecular complexity index is 747. The molecule has 0 saturated carbocycles. The van der Waals surface area contributed by atoms with Crippen LogP contribution in [0.2, 0.25) is 0 Å². The highest BCUT2D eigenvalue weighted by atomic mass is 79.9. The SMILES string of the molecule is Cc1cccc2nc(CCCl)n(Cc3sccc3Br)c12. The van der Waals surface area contributed by atoms with Crippen LogP contribution in [0.3, 0.4) is 0 Å². The fourth-order valence-corrected chi connectivity index (χ4v) is 4.08. The first-order chi connectivity index (χ1) is 9.70. The van der Waals surface area contributed by atoms with E-state index in [0.29, 0.717) is 5.88 Å². The number of alkyl halides is 1. The van der Waals surface area contributed by atoms with Gasteiger partial charge in [0.25, 0.3) is 0 Å². The number of rotatable bonds is 4. The standard InChI is InChI=1S/C15H14BrClN2S/c1-10-3-2-4-12-15(10)19(14(18-12)5-7-17)9-13-11(16)6-8-20-13/h2-4,6,8H,5,7,9H2,1H3. The smallest absolute Gasteiger partial charge is 0.111 e. The summed E-state index contributed by atoms with van der Waals surface area (Å²) in [4.78, 5) is 6.05. The molecule has 0 aliphatic rings. The van der Waals surface area contributed by atoms with Crippen LogP contribution >= 0.6 is 38.9 Å². The highest BCUT2D eigenvalue weighted by Gasteiger charge is 2.14. The Labute approximate surface area is 135 Å². The van der Waals surface area contributed by atoms with E-state index in [9.17, 15) is 0 Å². The van der Waals surface area contributed by atoms with E-state index < -0.39 is 0 Å². The zero-order chi connectivity index (χ0) is 14.1. The molecule has 3 aromatic rings. The first kappa shape index (κ1) is 14.1. The second-order valence-electron chi connectivity index (χ2n) is 4.69. The number of imidazole rings is 1. The van der Waals surface area contributed by atoms with Gasteiger partial charge in [-0.25, -0.2) is 4.98 Å². The molecule has 0 aliphatic carbocycles. The highest BCUT2D eigenvalue weighted by Crippen LogP contribution is 2.27. The van der Waals surface area contributed by atoms with Crippen molar-refractivity contribution in [3.8, 4) is 0 Å². The summed E-state index contributed by atoms with van der Waals surface area (Å²) in [6.07, 6.45) is 0.790. The molecule has 104 valence electrons. The van der Waals surface area contributed by atoms with E-state index in [4.69, 9.17) is 16.6 Å². The molecule has 0 aliphatic heterocycles. The molecule has 20 heavy (non-hydrogen) atoms. The molecule has 5 heteroatoms. The summed E-state index contributed by atoms with van der Waals surface area (Å²) in [5.74, 6) is 1.65. The number of fused-ring (bicyclic) bond motifs is 1. The maximum atomic E-state index is 5.93. The Hall–Kier alpha value is -0.840. The van der Waals surface area contributed by atoms with E-state index in [1.54, 1.807) is 11.3 Å². The van der Waals surface area contributed by atoms with Gasteiger partial charge in [-0.1, -0.05) is 12.1 Å². The fourth-order valence-electron chi connectivity index (χ4n) is 2.44. The van der Waals surface area contributed by atoms with Crippen molar-refractivity contribution in [1.29, 1.82) is 0 Å². The van der Waals surface area contributed by atoms with Crippen molar-refractivity contribution in [2.24, 2.45) is 0 Å². The van der Waals surface area contributed by atoms with Gasteiger partial charge < -0.3 is 4.57 Å². The number of hydrogen-bond donors (Lipinski definition) is 0. The van der Waals surface area contributed by atoms with Gasteiger partial charge in [0.05, 0.1) is 17.6 Å². The molecule has 0 atom stereocenters. The predicted octanol–water partition coefficient (Wildman–Crippen LogP) is 5.00. The predicted molar refractivity (Wildman–Crippen MR) is 90.0 cm³/mol. The average molecular weight is 370 g/mol. The molecule has 0 unspecified atom stereocenters. The molecule has 0 saturated heterocycles. The Morgan fingerprint density at radius 3 is 2.90 bits per heavy atom. The zero-order valence-electron chi connectivity index (χ0n) is 11.1. The van der Waals surface area contributed by atoms with Gasteiger partial charge in [0, 0.05) is 21.7 Å². The molecule has 0 amide bonds. The van der Waals surface area contributed by atoms with Gasteiger partial charge in [-0.15, -0.1) is 22.9 Å². The fraction of sp³-hybridized carbons (Fsp3) is 0.267. The Morgan fingerprint density at radius 1 is 1.35 bits per heavy atom. The third-order valence-corrected chi connectivity index (χ3v) is 5.46. The Kier molecular flexibility index (Phi) is 4.15. The van der Waals surface area contributed by atoms with E-state index >= 15 is 0 Å². The number of halogens is 2. The van der Waals surface area contributed by atoms with Crippen molar-refractivity contribution in [2.75, 3.05) is 5.88 Å². The first-order valence-electron chi connectivity index (χ1n) is 6.43. The van der Waals surface area contributed by atoms with E-state index in [1.165, 1.54) is 16.0 Å². The molecular formula is C15H14BrClN2S. The minimum atomic E-state index is 0.591. The molecule has 0 radical (unpaired) electrons. The third kappa shape index (κ3) is 2.52. The van der Waals surface area contributed by atoms with Crippen LogP contribution in [-0.4, -0.2) is 15.4 Å². The summed E-state index contributed by atoms with van der Waals surface area (Å²) in [6.45, 7) is 2.97. The molecule has 0 spiro atoms. The molecule has 3 rings (SSSR count). The first-order valence-corrected chi connectivity index (χ1v) is 8.64. The molecule has 2 aromatic heterocycles. The lowest BCUT2D eigenvalue weighted by Gasteiger charge is -2.09. The van der Waals surface area contributed by atoms with Crippen LogP contribution in [0.4, 0.5) is 0 Å². The van der Waals surface area contributed by atoms with Crippen LogP contribution in [0, 0.1) is 6.92 Å². The minimum absolute atomic E-state index is 0.591.